The smallest absolute Gasteiger partial charge is 0.325 e. The zero-order chi connectivity index (χ0) is 18.8. The van der Waals surface area contributed by atoms with E-state index in [2.05, 4.69) is 15.3 Å². The largest absolute Gasteiger partial charge is 0.328 e. The van der Waals surface area contributed by atoms with Gasteiger partial charge in [0.1, 0.15) is 12.9 Å². The number of aromatic nitrogens is 4. The quantitative estimate of drug-likeness (QED) is 0.575. The summed E-state index contributed by atoms with van der Waals surface area (Å²) in [5.74, 6) is -0.370. The van der Waals surface area contributed by atoms with Gasteiger partial charge >= 0.3 is 5.69 Å². The first-order chi connectivity index (χ1) is 13.1. The van der Waals surface area contributed by atoms with Crippen molar-refractivity contribution < 1.29 is 4.79 Å². The summed E-state index contributed by atoms with van der Waals surface area (Å²) in [6.07, 6.45) is 3.04. The molecule has 0 bridgehead atoms. The average Bonchev–Trinajstić information content (AvgIpc) is 3.09. The fourth-order valence-electron chi connectivity index (χ4n) is 2.79. The average molecular weight is 361 g/mol. The predicted molar refractivity (Wildman–Crippen MR) is 101 cm³/mol. The van der Waals surface area contributed by atoms with Crippen LogP contribution in [0.25, 0.3) is 16.7 Å². The van der Waals surface area contributed by atoms with E-state index in [0.29, 0.717) is 5.69 Å². The third kappa shape index (κ3) is 3.40. The number of anilines is 1. The molecule has 0 aliphatic heterocycles. The van der Waals surface area contributed by atoms with Crippen molar-refractivity contribution in [3.8, 4) is 5.69 Å². The Labute approximate surface area is 152 Å². The van der Waals surface area contributed by atoms with E-state index in [-0.39, 0.29) is 12.5 Å². The molecule has 0 unspecified atom stereocenters. The van der Waals surface area contributed by atoms with Crippen LogP contribution in [0.3, 0.4) is 0 Å². The van der Waals surface area contributed by atoms with Gasteiger partial charge in [-0.25, -0.2) is 9.78 Å². The number of benzene rings is 2. The molecular formula is C19H15N5O3. The lowest BCUT2D eigenvalue weighted by Crippen LogP contribution is -2.32. The van der Waals surface area contributed by atoms with Crippen molar-refractivity contribution in [1.29, 1.82) is 0 Å². The summed E-state index contributed by atoms with van der Waals surface area (Å²) in [5.41, 5.74) is 2.29. The third-order valence-electron chi connectivity index (χ3n) is 4.09. The van der Waals surface area contributed by atoms with Gasteiger partial charge in [0.2, 0.25) is 5.91 Å². The molecule has 0 fully saturated rings. The van der Waals surface area contributed by atoms with Gasteiger partial charge in [-0.05, 0) is 36.4 Å². The van der Waals surface area contributed by atoms with E-state index in [0.717, 1.165) is 21.3 Å². The first-order valence-electron chi connectivity index (χ1n) is 8.22. The Hall–Kier alpha value is -3.94. The minimum atomic E-state index is -0.625. The van der Waals surface area contributed by atoms with Gasteiger partial charge in [0.05, 0.1) is 11.0 Å². The highest BCUT2D eigenvalue weighted by molar-refractivity contribution is 5.90. The van der Waals surface area contributed by atoms with E-state index in [1.807, 2.05) is 41.0 Å². The molecule has 0 saturated carbocycles. The minimum Gasteiger partial charge on any atom is -0.325 e. The second-order valence-corrected chi connectivity index (χ2v) is 5.94. The maximum absolute atomic E-state index is 12.1. The molecule has 134 valence electrons. The van der Waals surface area contributed by atoms with Gasteiger partial charge in [-0.15, -0.1) is 0 Å². The Morgan fingerprint density at radius 3 is 2.59 bits per heavy atom. The lowest BCUT2D eigenvalue weighted by molar-refractivity contribution is -0.116. The molecule has 0 atom stereocenters. The monoisotopic (exact) mass is 361 g/mol. The van der Waals surface area contributed by atoms with E-state index >= 15 is 0 Å². The van der Waals surface area contributed by atoms with Crippen LogP contribution in [-0.2, 0) is 11.3 Å². The van der Waals surface area contributed by atoms with Crippen LogP contribution in [0.1, 0.15) is 0 Å². The standard InChI is InChI=1S/C19H15N5O3/c25-17-9-10-23(19(27)22-17)11-18(26)21-13-5-7-14(8-6-13)24-12-20-15-3-1-2-4-16(15)24/h1-10,12H,11H2,(H,21,26)(H,22,25,27). The topological polar surface area (TPSA) is 102 Å². The number of nitrogens with zero attached hydrogens (tertiary/aromatic N) is 3. The van der Waals surface area contributed by atoms with Crippen LogP contribution < -0.4 is 16.6 Å². The number of hydrogen-bond acceptors (Lipinski definition) is 4. The van der Waals surface area contributed by atoms with Gasteiger partial charge in [0.15, 0.2) is 0 Å². The molecule has 8 heteroatoms. The molecule has 8 nitrogen and oxygen atoms in total. The fraction of sp³-hybridized carbons (Fsp3) is 0.0526. The minimum absolute atomic E-state index is 0.191. The number of carbonyl (C=O) groups is 1. The van der Waals surface area contributed by atoms with Gasteiger partial charge in [-0.2, -0.15) is 0 Å². The molecule has 4 aromatic rings. The summed E-state index contributed by atoms with van der Waals surface area (Å²) in [7, 11) is 0. The predicted octanol–water partition coefficient (Wildman–Crippen LogP) is 1.51. The molecule has 0 saturated heterocycles. The van der Waals surface area contributed by atoms with Crippen molar-refractivity contribution in [3.63, 3.8) is 0 Å². The number of para-hydroxylation sites is 2. The number of fused-ring (bicyclic) bond motifs is 1. The van der Waals surface area contributed by atoms with Gasteiger partial charge < -0.3 is 5.32 Å². The first-order valence-corrected chi connectivity index (χ1v) is 8.22. The number of amides is 1. The van der Waals surface area contributed by atoms with Crippen molar-refractivity contribution in [2.45, 2.75) is 6.54 Å². The molecular weight excluding hydrogens is 346 g/mol. The molecule has 2 heterocycles. The SMILES string of the molecule is O=C(Cn1ccc(=O)[nH]c1=O)Nc1ccc(-n2cnc3ccccc32)cc1. The van der Waals surface area contributed by atoms with Crippen LogP contribution in [0.2, 0.25) is 0 Å². The third-order valence-corrected chi connectivity index (χ3v) is 4.09. The van der Waals surface area contributed by atoms with Crippen molar-refractivity contribution in [1.82, 2.24) is 19.1 Å². The van der Waals surface area contributed by atoms with E-state index in [4.69, 9.17) is 0 Å². The fourth-order valence-corrected chi connectivity index (χ4v) is 2.79. The molecule has 0 aliphatic carbocycles. The van der Waals surface area contributed by atoms with E-state index in [1.165, 1.54) is 12.3 Å². The first kappa shape index (κ1) is 16.5. The Balaban J connectivity index is 1.50. The van der Waals surface area contributed by atoms with Crippen LogP contribution in [0.5, 0.6) is 0 Å². The van der Waals surface area contributed by atoms with E-state index < -0.39 is 11.2 Å². The Bertz CT molecular complexity index is 1230. The highest BCUT2D eigenvalue weighted by Crippen LogP contribution is 2.19. The Morgan fingerprint density at radius 2 is 1.81 bits per heavy atom. The molecule has 0 spiro atoms. The number of aromatic amines is 1. The number of carbonyl (C=O) groups excluding carboxylic acids is 1. The Kier molecular flexibility index (Phi) is 4.13. The number of nitrogens with one attached hydrogen (secondary N) is 2. The molecule has 4 rings (SSSR count). The second kappa shape index (κ2) is 6.75. The number of imidazole rings is 1. The van der Waals surface area contributed by atoms with Crippen LogP contribution in [-0.4, -0.2) is 25.0 Å². The molecule has 2 aromatic carbocycles. The maximum atomic E-state index is 12.1. The van der Waals surface area contributed by atoms with E-state index in [1.54, 1.807) is 18.5 Å². The van der Waals surface area contributed by atoms with Crippen LogP contribution in [0.15, 0.2) is 76.7 Å². The highest BCUT2D eigenvalue weighted by atomic mass is 16.2. The molecule has 0 aliphatic rings. The number of hydrogen-bond donors (Lipinski definition) is 2. The van der Waals surface area contributed by atoms with Crippen LogP contribution in [0.4, 0.5) is 5.69 Å². The summed E-state index contributed by atoms with van der Waals surface area (Å²) in [5, 5.41) is 2.73. The normalized spacial score (nSPS) is 10.8. The zero-order valence-corrected chi connectivity index (χ0v) is 14.1. The lowest BCUT2D eigenvalue weighted by Gasteiger charge is -2.09. The summed E-state index contributed by atoms with van der Waals surface area (Å²) in [6.45, 7) is -0.191. The second-order valence-electron chi connectivity index (χ2n) is 5.94. The molecule has 27 heavy (non-hydrogen) atoms. The maximum Gasteiger partial charge on any atom is 0.328 e. The summed E-state index contributed by atoms with van der Waals surface area (Å²) in [6, 6.07) is 16.3. The zero-order valence-electron chi connectivity index (χ0n) is 14.1. The van der Waals surface area contributed by atoms with Crippen LogP contribution in [0, 0.1) is 0 Å². The summed E-state index contributed by atoms with van der Waals surface area (Å²) >= 11 is 0. The van der Waals surface area contributed by atoms with Gasteiger partial charge in [-0.3, -0.25) is 23.7 Å². The number of rotatable bonds is 4. The van der Waals surface area contributed by atoms with Crippen LogP contribution >= 0.6 is 0 Å². The molecule has 2 N–H and O–H groups in total. The molecule has 2 aromatic heterocycles. The molecule has 1 amide bonds. The van der Waals surface area contributed by atoms with Crippen molar-refractivity contribution in [3.05, 3.63) is 88.0 Å². The lowest BCUT2D eigenvalue weighted by atomic mass is 10.2. The van der Waals surface area contributed by atoms with Gasteiger partial charge in [0, 0.05) is 23.6 Å². The van der Waals surface area contributed by atoms with Crippen molar-refractivity contribution in [2.24, 2.45) is 0 Å². The summed E-state index contributed by atoms with van der Waals surface area (Å²) in [4.78, 5) is 41.3. The van der Waals surface area contributed by atoms with E-state index in [9.17, 15) is 14.4 Å². The van der Waals surface area contributed by atoms with Gasteiger partial charge in [0.25, 0.3) is 5.56 Å². The van der Waals surface area contributed by atoms with Crippen molar-refractivity contribution in [2.75, 3.05) is 5.32 Å². The Morgan fingerprint density at radius 1 is 1.04 bits per heavy atom. The highest BCUT2D eigenvalue weighted by Gasteiger charge is 2.07. The van der Waals surface area contributed by atoms with Crippen molar-refractivity contribution >= 4 is 22.6 Å². The number of H-pyrrole nitrogens is 1. The summed E-state index contributed by atoms with van der Waals surface area (Å²) < 4.78 is 3.09. The molecule has 0 radical (unpaired) electrons. The van der Waals surface area contributed by atoms with Gasteiger partial charge in [-0.1, -0.05) is 12.1 Å².